The molecule has 0 bridgehead atoms. The summed E-state index contributed by atoms with van der Waals surface area (Å²) in [6.45, 7) is -0.174. The number of carboxylic acids is 2. The van der Waals surface area contributed by atoms with Crippen molar-refractivity contribution in [1.29, 1.82) is 0 Å². The molecule has 1 aromatic heterocycles. The molecule has 172 valence electrons. The van der Waals surface area contributed by atoms with E-state index in [0.717, 1.165) is 21.9 Å². The van der Waals surface area contributed by atoms with Crippen molar-refractivity contribution in [3.05, 3.63) is 72.8 Å². The Bertz CT molecular complexity index is 1320. The molecule has 0 fully saturated rings. The molecule has 3 aromatic carbocycles. The molecule has 0 saturated carbocycles. The van der Waals surface area contributed by atoms with Gasteiger partial charge >= 0.3 is 11.9 Å². The Morgan fingerprint density at radius 1 is 0.765 bits per heavy atom. The van der Waals surface area contributed by atoms with E-state index in [1.54, 1.807) is 18.2 Å². The number of aliphatic carboxylic acids is 2. The van der Waals surface area contributed by atoms with Crippen LogP contribution < -0.4 is 9.47 Å². The Labute approximate surface area is 195 Å². The molecule has 0 spiro atoms. The summed E-state index contributed by atoms with van der Waals surface area (Å²) in [6, 6.07) is 22.4. The first kappa shape index (κ1) is 22.7. The fourth-order valence-electron chi connectivity index (χ4n) is 3.38. The molecule has 0 atom stereocenters. The fraction of sp³-hybridized carbons (Fsp3) is 0.154. The van der Waals surface area contributed by atoms with Gasteiger partial charge in [0, 0.05) is 23.6 Å². The van der Waals surface area contributed by atoms with Crippen molar-refractivity contribution in [3.8, 4) is 34.3 Å². The standard InChI is InChI=1S/C26H22N2O6/c29-24(30)7-4-12-33-23-15-22(17-5-2-1-3-6-17)27-26(28-23)20-9-8-19-14-21(34-16-25(31)32)11-10-18(19)13-20/h1-3,5-6,8-11,13-15H,4,7,12,16H2,(H,29,30)(H,31,32). The highest BCUT2D eigenvalue weighted by Crippen LogP contribution is 2.29. The summed E-state index contributed by atoms with van der Waals surface area (Å²) in [4.78, 5) is 30.8. The lowest BCUT2D eigenvalue weighted by Crippen LogP contribution is -2.09. The lowest BCUT2D eigenvalue weighted by Gasteiger charge is -2.11. The normalized spacial score (nSPS) is 10.7. The summed E-state index contributed by atoms with van der Waals surface area (Å²) < 4.78 is 11.0. The maximum atomic E-state index is 10.8. The van der Waals surface area contributed by atoms with Gasteiger partial charge in [0.15, 0.2) is 12.4 Å². The Morgan fingerprint density at radius 3 is 2.29 bits per heavy atom. The van der Waals surface area contributed by atoms with Crippen LogP contribution in [0.5, 0.6) is 11.6 Å². The summed E-state index contributed by atoms with van der Waals surface area (Å²) in [5.41, 5.74) is 2.37. The van der Waals surface area contributed by atoms with Crippen LogP contribution in [0.1, 0.15) is 12.8 Å². The smallest absolute Gasteiger partial charge is 0.341 e. The highest BCUT2D eigenvalue weighted by molar-refractivity contribution is 5.88. The van der Waals surface area contributed by atoms with E-state index >= 15 is 0 Å². The molecule has 0 aliphatic carbocycles. The van der Waals surface area contributed by atoms with Crippen LogP contribution in [0.2, 0.25) is 0 Å². The highest BCUT2D eigenvalue weighted by atomic mass is 16.5. The number of aromatic nitrogens is 2. The number of nitrogens with zero attached hydrogens (tertiary/aromatic N) is 2. The van der Waals surface area contributed by atoms with Gasteiger partial charge in [-0.25, -0.2) is 9.78 Å². The van der Waals surface area contributed by atoms with Gasteiger partial charge in [-0.2, -0.15) is 4.98 Å². The first-order valence-electron chi connectivity index (χ1n) is 10.7. The molecule has 4 rings (SSSR count). The zero-order chi connectivity index (χ0) is 23.9. The SMILES string of the molecule is O=C(O)CCCOc1cc(-c2ccccc2)nc(-c2ccc3cc(OCC(=O)O)ccc3c2)n1. The predicted molar refractivity (Wildman–Crippen MR) is 126 cm³/mol. The first-order chi connectivity index (χ1) is 16.5. The second-order valence-corrected chi connectivity index (χ2v) is 7.53. The lowest BCUT2D eigenvalue weighted by atomic mass is 10.1. The van der Waals surface area contributed by atoms with Gasteiger partial charge in [0.05, 0.1) is 12.3 Å². The Hall–Kier alpha value is -4.46. The second-order valence-electron chi connectivity index (χ2n) is 7.53. The fourth-order valence-corrected chi connectivity index (χ4v) is 3.38. The number of ether oxygens (including phenoxy) is 2. The van der Waals surface area contributed by atoms with Crippen LogP contribution in [-0.4, -0.2) is 45.3 Å². The molecule has 2 N–H and O–H groups in total. The van der Waals surface area contributed by atoms with E-state index in [1.807, 2.05) is 54.6 Å². The number of carboxylic acid groups (broad SMARTS) is 2. The van der Waals surface area contributed by atoms with Gasteiger partial charge in [0.2, 0.25) is 5.88 Å². The molecule has 0 amide bonds. The van der Waals surface area contributed by atoms with Crippen LogP contribution >= 0.6 is 0 Å². The number of hydrogen-bond acceptors (Lipinski definition) is 6. The van der Waals surface area contributed by atoms with E-state index in [0.29, 0.717) is 29.6 Å². The van der Waals surface area contributed by atoms with E-state index in [2.05, 4.69) is 4.98 Å². The van der Waals surface area contributed by atoms with Gasteiger partial charge in [0.1, 0.15) is 5.75 Å². The summed E-state index contributed by atoms with van der Waals surface area (Å²) in [5, 5.41) is 19.4. The lowest BCUT2D eigenvalue weighted by molar-refractivity contribution is -0.139. The molecule has 0 radical (unpaired) electrons. The zero-order valence-electron chi connectivity index (χ0n) is 18.2. The van der Waals surface area contributed by atoms with Gasteiger partial charge in [0.25, 0.3) is 0 Å². The monoisotopic (exact) mass is 458 g/mol. The van der Waals surface area contributed by atoms with Crippen molar-refractivity contribution in [2.24, 2.45) is 0 Å². The third kappa shape index (κ3) is 5.86. The topological polar surface area (TPSA) is 119 Å². The van der Waals surface area contributed by atoms with Gasteiger partial charge < -0.3 is 19.7 Å². The number of hydrogen-bond donors (Lipinski definition) is 2. The molecule has 0 aliphatic rings. The molecule has 0 aliphatic heterocycles. The maximum Gasteiger partial charge on any atom is 0.341 e. The molecular formula is C26H22N2O6. The summed E-state index contributed by atoms with van der Waals surface area (Å²) >= 11 is 0. The zero-order valence-corrected chi connectivity index (χ0v) is 18.2. The van der Waals surface area contributed by atoms with E-state index in [-0.39, 0.29) is 13.0 Å². The van der Waals surface area contributed by atoms with Crippen LogP contribution in [0.25, 0.3) is 33.4 Å². The van der Waals surface area contributed by atoms with E-state index in [9.17, 15) is 9.59 Å². The third-order valence-electron chi connectivity index (χ3n) is 4.99. The molecule has 34 heavy (non-hydrogen) atoms. The maximum absolute atomic E-state index is 10.8. The number of benzene rings is 3. The van der Waals surface area contributed by atoms with Crippen molar-refractivity contribution >= 4 is 22.7 Å². The quantitative estimate of drug-likeness (QED) is 0.329. The Balaban J connectivity index is 1.65. The van der Waals surface area contributed by atoms with E-state index in [4.69, 9.17) is 24.7 Å². The summed E-state index contributed by atoms with van der Waals surface area (Å²) in [5.74, 6) is -0.590. The molecular weight excluding hydrogens is 436 g/mol. The molecule has 8 nitrogen and oxygen atoms in total. The van der Waals surface area contributed by atoms with Crippen molar-refractivity contribution < 1.29 is 29.3 Å². The largest absolute Gasteiger partial charge is 0.482 e. The van der Waals surface area contributed by atoms with Crippen molar-refractivity contribution in [1.82, 2.24) is 9.97 Å². The highest BCUT2D eigenvalue weighted by Gasteiger charge is 2.11. The van der Waals surface area contributed by atoms with Crippen LogP contribution in [0, 0.1) is 0 Å². The molecule has 0 unspecified atom stereocenters. The van der Waals surface area contributed by atoms with Crippen molar-refractivity contribution in [2.45, 2.75) is 12.8 Å². The van der Waals surface area contributed by atoms with E-state index < -0.39 is 18.5 Å². The average Bonchev–Trinajstić information content (AvgIpc) is 2.85. The Kier molecular flexibility index (Phi) is 6.98. The van der Waals surface area contributed by atoms with Crippen LogP contribution in [0.4, 0.5) is 0 Å². The predicted octanol–water partition coefficient (Wildman–Crippen LogP) is 4.67. The second kappa shape index (κ2) is 10.4. The Morgan fingerprint density at radius 2 is 1.53 bits per heavy atom. The van der Waals surface area contributed by atoms with Gasteiger partial charge in [-0.3, -0.25) is 4.79 Å². The van der Waals surface area contributed by atoms with Gasteiger partial charge in [-0.15, -0.1) is 0 Å². The average molecular weight is 458 g/mol. The number of fused-ring (bicyclic) bond motifs is 1. The van der Waals surface area contributed by atoms with Crippen molar-refractivity contribution in [2.75, 3.05) is 13.2 Å². The molecule has 4 aromatic rings. The molecule has 8 heteroatoms. The molecule has 1 heterocycles. The number of rotatable bonds is 10. The number of carbonyl (C=O) groups is 2. The van der Waals surface area contributed by atoms with Crippen LogP contribution in [0.15, 0.2) is 72.8 Å². The minimum absolute atomic E-state index is 0.0202. The van der Waals surface area contributed by atoms with Crippen molar-refractivity contribution in [3.63, 3.8) is 0 Å². The van der Waals surface area contributed by atoms with Crippen LogP contribution in [0.3, 0.4) is 0 Å². The minimum Gasteiger partial charge on any atom is -0.482 e. The van der Waals surface area contributed by atoms with Gasteiger partial charge in [-0.05, 0) is 35.4 Å². The van der Waals surface area contributed by atoms with Crippen LogP contribution in [-0.2, 0) is 9.59 Å². The first-order valence-corrected chi connectivity index (χ1v) is 10.7. The minimum atomic E-state index is -1.04. The molecule has 0 saturated heterocycles. The summed E-state index contributed by atoms with van der Waals surface area (Å²) in [6.07, 6.45) is 0.393. The van der Waals surface area contributed by atoms with E-state index in [1.165, 1.54) is 0 Å². The summed E-state index contributed by atoms with van der Waals surface area (Å²) in [7, 11) is 0. The van der Waals surface area contributed by atoms with Gasteiger partial charge in [-0.1, -0.05) is 48.5 Å². The third-order valence-corrected chi connectivity index (χ3v) is 4.99.